The van der Waals surface area contributed by atoms with Crippen LogP contribution in [0.5, 0.6) is 0 Å². The van der Waals surface area contributed by atoms with Crippen LogP contribution in [0.3, 0.4) is 0 Å². The zero-order valence-electron chi connectivity index (χ0n) is 13.7. The van der Waals surface area contributed by atoms with Crippen LogP contribution in [0.25, 0.3) is 6.08 Å². The van der Waals surface area contributed by atoms with Gasteiger partial charge in [0.05, 0.1) is 19.2 Å². The van der Waals surface area contributed by atoms with Gasteiger partial charge < -0.3 is 9.64 Å². The molecule has 132 valence electrons. The number of carbonyl (C=O) groups excluding carboxylic acids is 2. The molecule has 0 fully saturated rings. The fourth-order valence-electron chi connectivity index (χ4n) is 2.08. The molecule has 1 amide bonds. The van der Waals surface area contributed by atoms with Crippen LogP contribution in [-0.4, -0.2) is 40.5 Å². The van der Waals surface area contributed by atoms with Gasteiger partial charge in [-0.1, -0.05) is 12.1 Å². The number of rotatable bonds is 6. The third kappa shape index (κ3) is 4.72. The van der Waals surface area contributed by atoms with Gasteiger partial charge in [0.1, 0.15) is 5.82 Å². The van der Waals surface area contributed by atoms with Crippen LogP contribution in [0.15, 0.2) is 42.7 Å². The van der Waals surface area contributed by atoms with E-state index in [4.69, 9.17) is 0 Å². The monoisotopic (exact) mass is 349 g/mol. The summed E-state index contributed by atoms with van der Waals surface area (Å²) in [6.45, 7) is -2.74. The summed E-state index contributed by atoms with van der Waals surface area (Å²) in [6, 6.07) is 6.50. The lowest BCUT2D eigenvalue weighted by atomic mass is 10.1. The van der Waals surface area contributed by atoms with Crippen molar-refractivity contribution < 1.29 is 23.1 Å². The Kier molecular flexibility index (Phi) is 5.99. The number of alkyl halides is 2. The number of likely N-dealkylation sites (N-methyl/N-ethyl adjacent to an activating group) is 1. The number of carbonyl (C=O) groups is 2. The van der Waals surface area contributed by atoms with Crippen LogP contribution in [0.4, 0.5) is 8.78 Å². The highest BCUT2D eigenvalue weighted by Crippen LogP contribution is 2.14. The normalized spacial score (nSPS) is 11.1. The molecule has 0 unspecified atom stereocenters. The fourth-order valence-corrected chi connectivity index (χ4v) is 2.08. The highest BCUT2D eigenvalue weighted by atomic mass is 19.3. The predicted octanol–water partition coefficient (Wildman–Crippen LogP) is 2.74. The first kappa shape index (κ1) is 18.3. The number of benzene rings is 1. The first-order chi connectivity index (χ1) is 11.9. The summed E-state index contributed by atoms with van der Waals surface area (Å²) in [6.07, 6.45) is 5.32. The van der Waals surface area contributed by atoms with Crippen molar-refractivity contribution in [1.29, 1.82) is 0 Å². The van der Waals surface area contributed by atoms with Crippen molar-refractivity contribution >= 4 is 18.0 Å². The summed E-state index contributed by atoms with van der Waals surface area (Å²) in [5.41, 5.74) is 1.12. The Morgan fingerprint density at radius 3 is 2.60 bits per heavy atom. The average molecular weight is 349 g/mol. The molecule has 2 rings (SSSR count). The number of imidazole rings is 1. The molecule has 2 aromatic rings. The van der Waals surface area contributed by atoms with Gasteiger partial charge in [-0.2, -0.15) is 8.78 Å². The molecule has 0 radical (unpaired) electrons. The Hall–Kier alpha value is -3.03. The number of nitrogens with zero attached hydrogens (tertiary/aromatic N) is 3. The first-order valence-corrected chi connectivity index (χ1v) is 7.33. The molecule has 8 heteroatoms. The van der Waals surface area contributed by atoms with Crippen LogP contribution < -0.4 is 0 Å². The van der Waals surface area contributed by atoms with Crippen molar-refractivity contribution in [2.24, 2.45) is 0 Å². The molecule has 0 aliphatic rings. The van der Waals surface area contributed by atoms with Gasteiger partial charge in [-0.05, 0) is 23.8 Å². The van der Waals surface area contributed by atoms with E-state index in [2.05, 4.69) is 9.72 Å². The molecule has 0 atom stereocenters. The molecule has 1 aromatic carbocycles. The summed E-state index contributed by atoms with van der Waals surface area (Å²) in [5, 5.41) is 0. The molecule has 0 spiro atoms. The van der Waals surface area contributed by atoms with Crippen LogP contribution in [0, 0.1) is 0 Å². The summed E-state index contributed by atoms with van der Waals surface area (Å²) < 4.78 is 30.8. The smallest absolute Gasteiger partial charge is 0.337 e. The van der Waals surface area contributed by atoms with Crippen LogP contribution in [-0.2, 0) is 16.1 Å². The predicted molar refractivity (Wildman–Crippen MR) is 86.8 cm³/mol. The summed E-state index contributed by atoms with van der Waals surface area (Å²) in [7, 11) is 2.79. The largest absolute Gasteiger partial charge is 0.465 e. The minimum Gasteiger partial charge on any atom is -0.465 e. The van der Waals surface area contributed by atoms with Crippen molar-refractivity contribution in [2.75, 3.05) is 14.2 Å². The minimum atomic E-state index is -2.70. The number of methoxy groups -OCH3 is 1. The van der Waals surface area contributed by atoms with Gasteiger partial charge in [0.15, 0.2) is 0 Å². The summed E-state index contributed by atoms with van der Waals surface area (Å²) in [5.74, 6) is -0.705. The van der Waals surface area contributed by atoms with Gasteiger partial charge in [-0.3, -0.25) is 9.36 Å². The molecule has 0 aliphatic heterocycles. The van der Waals surface area contributed by atoms with Gasteiger partial charge in [0.2, 0.25) is 5.91 Å². The second-order valence-corrected chi connectivity index (χ2v) is 5.17. The first-order valence-electron chi connectivity index (χ1n) is 7.33. The number of ether oxygens (including phenoxy) is 1. The molecule has 25 heavy (non-hydrogen) atoms. The van der Waals surface area contributed by atoms with Gasteiger partial charge in [-0.15, -0.1) is 0 Å². The van der Waals surface area contributed by atoms with E-state index < -0.39 is 12.5 Å². The van der Waals surface area contributed by atoms with E-state index in [1.807, 2.05) is 0 Å². The van der Waals surface area contributed by atoms with Crippen molar-refractivity contribution in [3.8, 4) is 0 Å². The Balaban J connectivity index is 1.99. The van der Waals surface area contributed by atoms with Gasteiger partial charge in [0.25, 0.3) is 0 Å². The third-order valence-corrected chi connectivity index (χ3v) is 3.46. The number of esters is 1. The lowest BCUT2D eigenvalue weighted by Crippen LogP contribution is -2.26. The molecule has 0 saturated carbocycles. The molecular formula is C17H17F2N3O3. The van der Waals surface area contributed by atoms with E-state index >= 15 is 0 Å². The topological polar surface area (TPSA) is 64.4 Å². The molecule has 1 aromatic heterocycles. The number of hydrogen-bond donors (Lipinski definition) is 0. The Labute approximate surface area is 143 Å². The van der Waals surface area contributed by atoms with E-state index in [1.165, 1.54) is 31.3 Å². The second-order valence-electron chi connectivity index (χ2n) is 5.17. The number of aromatic nitrogens is 2. The molecular weight excluding hydrogens is 332 g/mol. The summed E-state index contributed by atoms with van der Waals surface area (Å²) >= 11 is 0. The minimum absolute atomic E-state index is 0.0399. The van der Waals surface area contributed by atoms with E-state index in [9.17, 15) is 18.4 Å². The van der Waals surface area contributed by atoms with Gasteiger partial charge >= 0.3 is 12.5 Å². The highest BCUT2D eigenvalue weighted by Gasteiger charge is 2.14. The third-order valence-electron chi connectivity index (χ3n) is 3.46. The number of hydrogen-bond acceptors (Lipinski definition) is 4. The SMILES string of the molecule is COC(=O)c1ccc(/C=C/C(=O)N(C)Cc2nccn2C(F)F)cc1. The Bertz CT molecular complexity index is 770. The maximum absolute atomic E-state index is 12.8. The van der Waals surface area contributed by atoms with E-state index in [0.717, 1.165) is 6.20 Å². The summed E-state index contributed by atoms with van der Waals surface area (Å²) in [4.78, 5) is 28.5. The Morgan fingerprint density at radius 1 is 1.32 bits per heavy atom. The van der Waals surface area contributed by atoms with Crippen molar-refractivity contribution in [1.82, 2.24) is 14.5 Å². The number of amides is 1. The van der Waals surface area contributed by atoms with Crippen molar-refractivity contribution in [3.05, 3.63) is 59.7 Å². The Morgan fingerprint density at radius 2 is 2.00 bits per heavy atom. The molecule has 6 nitrogen and oxygen atoms in total. The number of halogens is 2. The van der Waals surface area contributed by atoms with Crippen molar-refractivity contribution in [2.45, 2.75) is 13.1 Å². The second kappa shape index (κ2) is 8.18. The standard InChI is InChI=1S/C17H17F2N3O3/c1-21(11-14-20-9-10-22(14)17(18)19)15(23)8-5-12-3-6-13(7-4-12)16(24)25-2/h3-10,17H,11H2,1-2H3/b8-5+. The zero-order valence-corrected chi connectivity index (χ0v) is 13.7. The van der Waals surface area contributed by atoms with E-state index in [-0.39, 0.29) is 18.3 Å². The molecule has 1 heterocycles. The van der Waals surface area contributed by atoms with Gasteiger partial charge in [-0.25, -0.2) is 9.78 Å². The van der Waals surface area contributed by atoms with Crippen LogP contribution in [0.1, 0.15) is 28.3 Å². The van der Waals surface area contributed by atoms with E-state index in [0.29, 0.717) is 15.7 Å². The quantitative estimate of drug-likeness (QED) is 0.594. The maximum Gasteiger partial charge on any atom is 0.337 e. The lowest BCUT2D eigenvalue weighted by Gasteiger charge is -2.15. The van der Waals surface area contributed by atoms with Crippen LogP contribution in [0.2, 0.25) is 0 Å². The molecule has 0 bridgehead atoms. The van der Waals surface area contributed by atoms with Crippen LogP contribution >= 0.6 is 0 Å². The lowest BCUT2D eigenvalue weighted by molar-refractivity contribution is -0.125. The maximum atomic E-state index is 12.8. The average Bonchev–Trinajstić information content (AvgIpc) is 3.07. The zero-order chi connectivity index (χ0) is 18.4. The molecule has 0 aliphatic carbocycles. The fraction of sp³-hybridized carbons (Fsp3) is 0.235. The molecule has 0 saturated heterocycles. The van der Waals surface area contributed by atoms with Gasteiger partial charge in [0, 0.05) is 25.5 Å². The van der Waals surface area contributed by atoms with Crippen molar-refractivity contribution in [3.63, 3.8) is 0 Å². The van der Waals surface area contributed by atoms with E-state index in [1.54, 1.807) is 30.3 Å². The highest BCUT2D eigenvalue weighted by molar-refractivity contribution is 5.92. The molecule has 0 N–H and O–H groups in total.